The molecule has 0 radical (unpaired) electrons. The maximum atomic E-state index is 12.6. The molecule has 4 heteroatoms. The van der Waals surface area contributed by atoms with Gasteiger partial charge in [0.25, 0.3) is 5.91 Å². The van der Waals surface area contributed by atoms with Crippen molar-refractivity contribution in [3.05, 3.63) is 47.1 Å². The largest absolute Gasteiger partial charge is 0.341 e. The molecule has 3 rings (SSSR count). The van der Waals surface area contributed by atoms with Gasteiger partial charge in [0.2, 0.25) is 5.91 Å². The fourth-order valence-corrected chi connectivity index (χ4v) is 2.86. The van der Waals surface area contributed by atoms with Crippen LogP contribution in [0.1, 0.15) is 27.2 Å². The smallest absolute Gasteiger partial charge is 0.252 e. The van der Waals surface area contributed by atoms with Crippen LogP contribution in [-0.4, -0.2) is 35.8 Å². The molecule has 0 aromatic carbocycles. The van der Waals surface area contributed by atoms with E-state index in [0.29, 0.717) is 5.57 Å². The van der Waals surface area contributed by atoms with Crippen molar-refractivity contribution < 1.29 is 9.59 Å². The highest BCUT2D eigenvalue weighted by Crippen LogP contribution is 2.30. The highest BCUT2D eigenvalue weighted by Gasteiger charge is 2.38. The first-order chi connectivity index (χ1) is 10.4. The van der Waals surface area contributed by atoms with Crippen LogP contribution in [0.15, 0.2) is 47.1 Å². The minimum Gasteiger partial charge on any atom is -0.341 e. The SMILES string of the molecule is CC(C)(C)[C@H](NC(=O)C1=C2C=CC=C2C=C1)C(=O)N1CCC1. The van der Waals surface area contributed by atoms with E-state index in [1.165, 1.54) is 0 Å². The Morgan fingerprint density at radius 1 is 1.18 bits per heavy atom. The van der Waals surface area contributed by atoms with Gasteiger partial charge in [0.1, 0.15) is 6.04 Å². The molecule has 0 bridgehead atoms. The molecule has 1 heterocycles. The number of fused-ring (bicyclic) bond motifs is 1. The van der Waals surface area contributed by atoms with Crippen LogP contribution in [0.4, 0.5) is 0 Å². The average molecular weight is 298 g/mol. The number of amides is 2. The van der Waals surface area contributed by atoms with E-state index in [9.17, 15) is 9.59 Å². The molecule has 1 atom stereocenters. The highest BCUT2D eigenvalue weighted by atomic mass is 16.2. The summed E-state index contributed by atoms with van der Waals surface area (Å²) in [7, 11) is 0. The maximum Gasteiger partial charge on any atom is 0.252 e. The van der Waals surface area contributed by atoms with Crippen LogP contribution in [-0.2, 0) is 9.59 Å². The van der Waals surface area contributed by atoms with E-state index in [2.05, 4.69) is 5.32 Å². The van der Waals surface area contributed by atoms with Crippen molar-refractivity contribution in [1.29, 1.82) is 0 Å². The second-order valence-electron chi connectivity index (χ2n) is 7.09. The summed E-state index contributed by atoms with van der Waals surface area (Å²) in [6, 6.07) is -0.500. The summed E-state index contributed by atoms with van der Waals surface area (Å²) in [5, 5.41) is 2.96. The van der Waals surface area contributed by atoms with Crippen LogP contribution in [0.5, 0.6) is 0 Å². The molecular weight excluding hydrogens is 276 g/mol. The second kappa shape index (κ2) is 5.27. The van der Waals surface area contributed by atoms with E-state index in [4.69, 9.17) is 0 Å². The first-order valence-corrected chi connectivity index (χ1v) is 7.79. The number of likely N-dealkylation sites (tertiary alicyclic amines) is 1. The molecule has 0 aromatic heterocycles. The summed E-state index contributed by atoms with van der Waals surface area (Å²) in [5.74, 6) is -0.146. The molecule has 2 aliphatic carbocycles. The van der Waals surface area contributed by atoms with Gasteiger partial charge in [-0.05, 0) is 29.1 Å². The number of hydrogen-bond donors (Lipinski definition) is 1. The molecule has 0 spiro atoms. The Morgan fingerprint density at radius 3 is 2.50 bits per heavy atom. The molecule has 4 nitrogen and oxygen atoms in total. The first kappa shape index (κ1) is 14.8. The molecule has 22 heavy (non-hydrogen) atoms. The Bertz CT molecular complexity index is 640. The molecule has 1 N–H and O–H groups in total. The lowest BCUT2D eigenvalue weighted by atomic mass is 9.85. The lowest BCUT2D eigenvalue weighted by Gasteiger charge is -2.39. The van der Waals surface area contributed by atoms with Crippen molar-refractivity contribution in [2.45, 2.75) is 33.2 Å². The van der Waals surface area contributed by atoms with Crippen LogP contribution >= 0.6 is 0 Å². The van der Waals surface area contributed by atoms with Crippen LogP contribution in [0, 0.1) is 5.41 Å². The quantitative estimate of drug-likeness (QED) is 0.867. The van der Waals surface area contributed by atoms with E-state index in [-0.39, 0.29) is 17.2 Å². The third kappa shape index (κ3) is 2.54. The zero-order valence-electron chi connectivity index (χ0n) is 13.3. The first-order valence-electron chi connectivity index (χ1n) is 7.79. The zero-order valence-corrected chi connectivity index (χ0v) is 13.3. The predicted octanol–water partition coefficient (Wildman–Crippen LogP) is 2.11. The van der Waals surface area contributed by atoms with Crippen molar-refractivity contribution in [3.8, 4) is 0 Å². The third-order valence-corrected chi connectivity index (χ3v) is 4.37. The number of nitrogens with one attached hydrogen (secondary N) is 1. The van der Waals surface area contributed by atoms with Gasteiger partial charge >= 0.3 is 0 Å². The normalized spacial score (nSPS) is 20.7. The average Bonchev–Trinajstić information content (AvgIpc) is 2.93. The van der Waals surface area contributed by atoms with Crippen LogP contribution in [0.25, 0.3) is 0 Å². The number of carbonyl (C=O) groups excluding carboxylic acids is 2. The number of hydrogen-bond acceptors (Lipinski definition) is 2. The minimum atomic E-state index is -0.500. The van der Waals surface area contributed by atoms with Crippen molar-refractivity contribution in [2.24, 2.45) is 5.41 Å². The fraction of sp³-hybridized carbons (Fsp3) is 0.444. The molecule has 1 saturated heterocycles. The van der Waals surface area contributed by atoms with Crippen molar-refractivity contribution in [2.75, 3.05) is 13.1 Å². The van der Waals surface area contributed by atoms with Gasteiger partial charge in [0.15, 0.2) is 0 Å². The van der Waals surface area contributed by atoms with Crippen molar-refractivity contribution in [3.63, 3.8) is 0 Å². The second-order valence-corrected chi connectivity index (χ2v) is 7.09. The Morgan fingerprint density at radius 2 is 1.91 bits per heavy atom. The van der Waals surface area contributed by atoms with Gasteiger partial charge in [-0.1, -0.05) is 45.1 Å². The van der Waals surface area contributed by atoms with E-state index < -0.39 is 6.04 Å². The van der Waals surface area contributed by atoms with Gasteiger partial charge in [0, 0.05) is 18.7 Å². The molecule has 2 amide bonds. The van der Waals surface area contributed by atoms with Crippen LogP contribution < -0.4 is 5.32 Å². The van der Waals surface area contributed by atoms with Gasteiger partial charge < -0.3 is 10.2 Å². The topological polar surface area (TPSA) is 49.4 Å². The summed E-state index contributed by atoms with van der Waals surface area (Å²) < 4.78 is 0. The molecule has 1 fully saturated rings. The highest BCUT2D eigenvalue weighted by molar-refractivity contribution is 6.02. The van der Waals surface area contributed by atoms with Gasteiger partial charge in [-0.2, -0.15) is 0 Å². The molecule has 116 valence electrons. The summed E-state index contributed by atoms with van der Waals surface area (Å²) in [6.07, 6.45) is 10.7. The number of allylic oxidation sites excluding steroid dienone is 6. The zero-order chi connectivity index (χ0) is 15.9. The molecule has 0 unspecified atom stereocenters. The number of nitrogens with zero attached hydrogens (tertiary/aromatic N) is 1. The molecule has 0 aromatic rings. The van der Waals surface area contributed by atoms with Gasteiger partial charge in [-0.25, -0.2) is 0 Å². The maximum absolute atomic E-state index is 12.6. The molecule has 0 saturated carbocycles. The third-order valence-electron chi connectivity index (χ3n) is 4.37. The van der Waals surface area contributed by atoms with Crippen molar-refractivity contribution >= 4 is 11.8 Å². The summed E-state index contributed by atoms with van der Waals surface area (Å²) in [5.41, 5.74) is 2.33. The van der Waals surface area contributed by atoms with E-state index >= 15 is 0 Å². The molecule has 1 aliphatic heterocycles. The fourth-order valence-electron chi connectivity index (χ4n) is 2.86. The van der Waals surface area contributed by atoms with Gasteiger partial charge in [-0.3, -0.25) is 9.59 Å². The minimum absolute atomic E-state index is 0.0254. The standard InChI is InChI=1S/C18H22N2O2/c1-18(2,3)15(17(22)20-10-5-11-20)19-16(21)14-9-8-12-6-4-7-13(12)14/h4,6-9,15H,5,10-11H2,1-3H3,(H,19,21)/t15-/m1/s1. The Kier molecular flexibility index (Phi) is 3.55. The number of rotatable bonds is 3. The van der Waals surface area contributed by atoms with E-state index in [1.54, 1.807) is 0 Å². The molecular formula is C18H22N2O2. The number of carbonyl (C=O) groups is 2. The predicted molar refractivity (Wildman–Crippen MR) is 86.0 cm³/mol. The van der Waals surface area contributed by atoms with Gasteiger partial charge in [0.05, 0.1) is 0 Å². The Hall–Kier alpha value is -2.10. The van der Waals surface area contributed by atoms with Crippen LogP contribution in [0.3, 0.4) is 0 Å². The van der Waals surface area contributed by atoms with Crippen molar-refractivity contribution in [1.82, 2.24) is 10.2 Å². The van der Waals surface area contributed by atoms with Crippen LogP contribution in [0.2, 0.25) is 0 Å². The Labute approximate surface area is 131 Å². The lowest BCUT2D eigenvalue weighted by Crippen LogP contribution is -2.57. The van der Waals surface area contributed by atoms with Gasteiger partial charge in [-0.15, -0.1) is 0 Å². The summed E-state index contributed by atoms with van der Waals surface area (Å²) in [6.45, 7) is 7.55. The van der Waals surface area contributed by atoms with E-state index in [0.717, 1.165) is 30.7 Å². The lowest BCUT2D eigenvalue weighted by molar-refractivity contribution is -0.141. The summed E-state index contributed by atoms with van der Waals surface area (Å²) >= 11 is 0. The Balaban J connectivity index is 1.79. The monoisotopic (exact) mass is 298 g/mol. The summed E-state index contributed by atoms with van der Waals surface area (Å²) in [4.78, 5) is 27.0. The van der Waals surface area contributed by atoms with E-state index in [1.807, 2.05) is 56.1 Å². The molecule has 3 aliphatic rings.